The van der Waals surface area contributed by atoms with Crippen LogP contribution in [0.15, 0.2) is 18.5 Å². The van der Waals surface area contributed by atoms with Crippen LogP contribution in [0.5, 0.6) is 0 Å². The molecular formula is C12H19N3O2. The lowest BCUT2D eigenvalue weighted by atomic mass is 10.0. The van der Waals surface area contributed by atoms with Crippen LogP contribution in [0.4, 0.5) is 0 Å². The second-order valence-electron chi connectivity index (χ2n) is 4.62. The molecule has 0 aromatic carbocycles. The van der Waals surface area contributed by atoms with E-state index in [1.54, 1.807) is 10.9 Å². The summed E-state index contributed by atoms with van der Waals surface area (Å²) in [6.07, 6.45) is 4.99. The molecule has 2 heterocycles. The maximum Gasteiger partial charge on any atom is 0.224 e. The van der Waals surface area contributed by atoms with Crippen LogP contribution in [-0.2, 0) is 11.3 Å². The van der Waals surface area contributed by atoms with Gasteiger partial charge in [0.1, 0.15) is 0 Å². The van der Waals surface area contributed by atoms with Gasteiger partial charge in [0.05, 0.1) is 12.6 Å². The number of hydrogen-bond acceptors (Lipinski definition) is 3. The zero-order chi connectivity index (χ0) is 12.3. The number of aliphatic hydroxyl groups is 1. The summed E-state index contributed by atoms with van der Waals surface area (Å²) in [5.74, 6) is 0.512. The van der Waals surface area contributed by atoms with Crippen molar-refractivity contribution in [1.29, 1.82) is 0 Å². The summed E-state index contributed by atoms with van der Waals surface area (Å²) in [5.41, 5.74) is 0. The number of rotatable bonds is 4. The van der Waals surface area contributed by atoms with E-state index in [1.165, 1.54) is 0 Å². The Balaban J connectivity index is 1.87. The van der Waals surface area contributed by atoms with Gasteiger partial charge in [-0.1, -0.05) is 6.92 Å². The van der Waals surface area contributed by atoms with E-state index in [0.717, 1.165) is 13.0 Å². The van der Waals surface area contributed by atoms with Crippen molar-refractivity contribution in [3.05, 3.63) is 18.5 Å². The molecule has 1 aliphatic heterocycles. The van der Waals surface area contributed by atoms with Crippen molar-refractivity contribution in [3.63, 3.8) is 0 Å². The highest BCUT2D eigenvalue weighted by Gasteiger charge is 2.33. The minimum absolute atomic E-state index is 0.000112. The normalized spacial score (nSPS) is 24.2. The van der Waals surface area contributed by atoms with Gasteiger partial charge in [0.2, 0.25) is 5.91 Å². The van der Waals surface area contributed by atoms with E-state index in [9.17, 15) is 9.90 Å². The van der Waals surface area contributed by atoms with Crippen LogP contribution in [0.2, 0.25) is 0 Å². The number of nitrogens with zero attached hydrogens (tertiary/aromatic N) is 3. The minimum Gasteiger partial charge on any atom is -0.394 e. The molecule has 0 saturated carbocycles. The van der Waals surface area contributed by atoms with Gasteiger partial charge in [-0.3, -0.25) is 9.48 Å². The van der Waals surface area contributed by atoms with Crippen LogP contribution in [0, 0.1) is 5.92 Å². The predicted octanol–water partition coefficient (Wildman–Crippen LogP) is 0.502. The average Bonchev–Trinajstić information content (AvgIpc) is 2.94. The third kappa shape index (κ3) is 2.66. The maximum absolute atomic E-state index is 12.0. The first-order chi connectivity index (χ1) is 8.22. The number of hydrogen-bond donors (Lipinski definition) is 1. The highest BCUT2D eigenvalue weighted by molar-refractivity contribution is 5.76. The lowest BCUT2D eigenvalue weighted by Gasteiger charge is -2.25. The van der Waals surface area contributed by atoms with Crippen LogP contribution >= 0.6 is 0 Å². The molecule has 0 radical (unpaired) electrons. The fourth-order valence-electron chi connectivity index (χ4n) is 2.38. The van der Waals surface area contributed by atoms with Crippen molar-refractivity contribution in [2.45, 2.75) is 32.4 Å². The Morgan fingerprint density at radius 1 is 1.59 bits per heavy atom. The summed E-state index contributed by atoms with van der Waals surface area (Å²) in [6, 6.07) is 1.85. The van der Waals surface area contributed by atoms with Crippen LogP contribution < -0.4 is 0 Å². The first-order valence-electron chi connectivity index (χ1n) is 6.10. The Hall–Kier alpha value is -1.36. The standard InChI is InChI=1S/C12H19N3O2/c1-10-3-8-15(11(10)9-16)12(17)4-7-14-6-2-5-13-14/h2,5-6,10-11,16H,3-4,7-9H2,1H3. The minimum atomic E-state index is 0.000112. The number of carbonyl (C=O) groups is 1. The molecule has 1 aromatic heterocycles. The molecule has 0 aliphatic carbocycles. The third-order valence-electron chi connectivity index (χ3n) is 3.50. The summed E-state index contributed by atoms with van der Waals surface area (Å²) in [4.78, 5) is 13.8. The van der Waals surface area contributed by atoms with Crippen molar-refractivity contribution in [2.75, 3.05) is 13.2 Å². The van der Waals surface area contributed by atoms with E-state index in [0.29, 0.717) is 18.9 Å². The Morgan fingerprint density at radius 3 is 3.06 bits per heavy atom. The molecule has 1 aromatic rings. The van der Waals surface area contributed by atoms with Gasteiger partial charge < -0.3 is 10.0 Å². The fraction of sp³-hybridized carbons (Fsp3) is 0.667. The summed E-state index contributed by atoms with van der Waals surface area (Å²) in [5, 5.41) is 13.4. The van der Waals surface area contributed by atoms with Crippen LogP contribution in [0.25, 0.3) is 0 Å². The van der Waals surface area contributed by atoms with Gasteiger partial charge >= 0.3 is 0 Å². The number of aliphatic hydroxyl groups excluding tert-OH is 1. The number of amides is 1. The zero-order valence-electron chi connectivity index (χ0n) is 10.1. The third-order valence-corrected chi connectivity index (χ3v) is 3.50. The number of likely N-dealkylation sites (tertiary alicyclic amines) is 1. The van der Waals surface area contributed by atoms with Crippen molar-refractivity contribution in [3.8, 4) is 0 Å². The first-order valence-corrected chi connectivity index (χ1v) is 6.10. The maximum atomic E-state index is 12.0. The quantitative estimate of drug-likeness (QED) is 0.829. The molecule has 2 atom stereocenters. The molecular weight excluding hydrogens is 218 g/mol. The monoisotopic (exact) mass is 237 g/mol. The molecule has 1 N–H and O–H groups in total. The van der Waals surface area contributed by atoms with E-state index in [2.05, 4.69) is 12.0 Å². The average molecular weight is 237 g/mol. The van der Waals surface area contributed by atoms with Crippen LogP contribution in [-0.4, -0.2) is 44.9 Å². The highest BCUT2D eigenvalue weighted by Crippen LogP contribution is 2.24. The second-order valence-corrected chi connectivity index (χ2v) is 4.62. The summed E-state index contributed by atoms with van der Waals surface area (Å²) >= 11 is 0. The summed E-state index contributed by atoms with van der Waals surface area (Å²) in [7, 11) is 0. The molecule has 5 heteroatoms. The van der Waals surface area contributed by atoms with Gasteiger partial charge in [0, 0.05) is 31.9 Å². The van der Waals surface area contributed by atoms with Crippen molar-refractivity contribution in [2.24, 2.45) is 5.92 Å². The number of aryl methyl sites for hydroxylation is 1. The van der Waals surface area contributed by atoms with Crippen molar-refractivity contribution >= 4 is 5.91 Å². The topological polar surface area (TPSA) is 58.4 Å². The molecule has 1 fully saturated rings. The number of carbonyl (C=O) groups excluding carboxylic acids is 1. The molecule has 0 bridgehead atoms. The van der Waals surface area contributed by atoms with Gasteiger partial charge in [-0.15, -0.1) is 0 Å². The lowest BCUT2D eigenvalue weighted by molar-refractivity contribution is -0.133. The first kappa shape index (κ1) is 12.1. The Kier molecular flexibility index (Phi) is 3.78. The molecule has 94 valence electrons. The van der Waals surface area contributed by atoms with E-state index in [4.69, 9.17) is 0 Å². The van der Waals surface area contributed by atoms with Gasteiger partial charge in [-0.25, -0.2) is 0 Å². The fourth-order valence-corrected chi connectivity index (χ4v) is 2.38. The summed E-state index contributed by atoms with van der Waals surface area (Å²) < 4.78 is 1.76. The number of aromatic nitrogens is 2. The van der Waals surface area contributed by atoms with E-state index in [1.807, 2.05) is 17.2 Å². The molecule has 5 nitrogen and oxygen atoms in total. The largest absolute Gasteiger partial charge is 0.394 e. The van der Waals surface area contributed by atoms with Gasteiger partial charge in [-0.2, -0.15) is 5.10 Å². The SMILES string of the molecule is CC1CCN(C(=O)CCn2cccn2)C1CO. The highest BCUT2D eigenvalue weighted by atomic mass is 16.3. The van der Waals surface area contributed by atoms with Gasteiger partial charge in [0.15, 0.2) is 0 Å². The predicted molar refractivity (Wildman–Crippen MR) is 63.2 cm³/mol. The molecule has 0 spiro atoms. The molecule has 2 rings (SSSR count). The van der Waals surface area contributed by atoms with Gasteiger partial charge in [0.25, 0.3) is 0 Å². The summed E-state index contributed by atoms with van der Waals surface area (Å²) in [6.45, 7) is 3.52. The van der Waals surface area contributed by atoms with E-state index < -0.39 is 0 Å². The van der Waals surface area contributed by atoms with Crippen LogP contribution in [0.1, 0.15) is 19.8 Å². The van der Waals surface area contributed by atoms with Crippen LogP contribution in [0.3, 0.4) is 0 Å². The van der Waals surface area contributed by atoms with Crippen molar-refractivity contribution in [1.82, 2.24) is 14.7 Å². The molecule has 2 unspecified atom stereocenters. The van der Waals surface area contributed by atoms with Gasteiger partial charge in [-0.05, 0) is 18.4 Å². The van der Waals surface area contributed by atoms with E-state index >= 15 is 0 Å². The second kappa shape index (κ2) is 5.31. The van der Waals surface area contributed by atoms with E-state index in [-0.39, 0.29) is 18.6 Å². The Bertz CT molecular complexity index is 364. The smallest absolute Gasteiger partial charge is 0.224 e. The molecule has 1 amide bonds. The zero-order valence-corrected chi connectivity index (χ0v) is 10.1. The molecule has 1 saturated heterocycles. The molecule has 17 heavy (non-hydrogen) atoms. The van der Waals surface area contributed by atoms with Crippen molar-refractivity contribution < 1.29 is 9.90 Å². The lowest BCUT2D eigenvalue weighted by Crippen LogP contribution is -2.40. The Morgan fingerprint density at radius 2 is 2.41 bits per heavy atom. The molecule has 1 aliphatic rings. The Labute approximate surface area is 101 Å².